The third kappa shape index (κ3) is 1.58. The van der Waals surface area contributed by atoms with Crippen molar-refractivity contribution in [3.05, 3.63) is 29.8 Å². The van der Waals surface area contributed by atoms with Crippen molar-refractivity contribution in [1.82, 2.24) is 20.2 Å². The summed E-state index contributed by atoms with van der Waals surface area (Å²) in [6, 6.07) is 2.23. The predicted octanol–water partition coefficient (Wildman–Crippen LogP) is 2.01. The van der Waals surface area contributed by atoms with Crippen LogP contribution in [0.25, 0.3) is 11.4 Å². The van der Waals surface area contributed by atoms with Crippen LogP contribution in [0.2, 0.25) is 0 Å². The van der Waals surface area contributed by atoms with Crippen LogP contribution >= 0.6 is 0 Å². The SMILES string of the molecule is N#Cc1c(-c2cnccn2)n[nH]c1C1CCC1. The maximum absolute atomic E-state index is 9.26. The van der Waals surface area contributed by atoms with Crippen molar-refractivity contribution >= 4 is 0 Å². The Morgan fingerprint density at radius 1 is 1.35 bits per heavy atom. The standard InChI is InChI=1S/C12H11N5/c13-6-9-11(8-2-1-3-8)16-17-12(9)10-7-14-4-5-15-10/h4-5,7-8H,1-3H2,(H,16,17). The summed E-state index contributed by atoms with van der Waals surface area (Å²) < 4.78 is 0. The van der Waals surface area contributed by atoms with Crippen LogP contribution in [0, 0.1) is 11.3 Å². The topological polar surface area (TPSA) is 78.2 Å². The highest BCUT2D eigenvalue weighted by atomic mass is 15.1. The largest absolute Gasteiger partial charge is 0.280 e. The van der Waals surface area contributed by atoms with Crippen LogP contribution in [0.5, 0.6) is 0 Å². The Morgan fingerprint density at radius 3 is 2.82 bits per heavy atom. The molecular weight excluding hydrogens is 214 g/mol. The van der Waals surface area contributed by atoms with Gasteiger partial charge in [0.2, 0.25) is 0 Å². The molecule has 0 unspecified atom stereocenters. The zero-order valence-electron chi connectivity index (χ0n) is 9.22. The number of nitrogens with zero attached hydrogens (tertiary/aromatic N) is 4. The fraction of sp³-hybridized carbons (Fsp3) is 0.333. The van der Waals surface area contributed by atoms with E-state index in [1.54, 1.807) is 18.6 Å². The maximum Gasteiger partial charge on any atom is 0.130 e. The first-order valence-corrected chi connectivity index (χ1v) is 5.65. The molecule has 2 aromatic heterocycles. The third-order valence-electron chi connectivity index (χ3n) is 3.23. The summed E-state index contributed by atoms with van der Waals surface area (Å²) in [4.78, 5) is 8.18. The Bertz CT molecular complexity index is 562. The molecule has 1 N–H and O–H groups in total. The van der Waals surface area contributed by atoms with E-state index in [9.17, 15) is 5.26 Å². The Kier molecular flexibility index (Phi) is 2.33. The zero-order chi connectivity index (χ0) is 11.7. The Labute approximate surface area is 98.5 Å². The molecule has 2 aromatic rings. The van der Waals surface area contributed by atoms with E-state index in [1.165, 1.54) is 6.42 Å². The fourth-order valence-electron chi connectivity index (χ4n) is 2.07. The number of rotatable bonds is 2. The van der Waals surface area contributed by atoms with Gasteiger partial charge in [0.25, 0.3) is 0 Å². The molecule has 0 aliphatic heterocycles. The molecule has 0 spiro atoms. The van der Waals surface area contributed by atoms with Gasteiger partial charge in [-0.2, -0.15) is 10.4 Å². The second-order valence-corrected chi connectivity index (χ2v) is 4.19. The average molecular weight is 225 g/mol. The molecule has 0 aromatic carbocycles. The fourth-order valence-corrected chi connectivity index (χ4v) is 2.07. The monoisotopic (exact) mass is 225 g/mol. The van der Waals surface area contributed by atoms with Gasteiger partial charge in [-0.05, 0) is 12.8 Å². The van der Waals surface area contributed by atoms with Crippen molar-refractivity contribution < 1.29 is 0 Å². The molecule has 0 bridgehead atoms. The van der Waals surface area contributed by atoms with Gasteiger partial charge in [-0.15, -0.1) is 0 Å². The van der Waals surface area contributed by atoms with Crippen LogP contribution in [-0.4, -0.2) is 20.2 Å². The molecule has 1 aliphatic carbocycles. The summed E-state index contributed by atoms with van der Waals surface area (Å²) >= 11 is 0. The van der Waals surface area contributed by atoms with E-state index in [0.29, 0.717) is 22.9 Å². The first kappa shape index (κ1) is 9.97. The molecule has 3 rings (SSSR count). The third-order valence-corrected chi connectivity index (χ3v) is 3.23. The van der Waals surface area contributed by atoms with E-state index in [4.69, 9.17) is 0 Å². The molecule has 0 saturated heterocycles. The molecule has 5 heteroatoms. The predicted molar refractivity (Wildman–Crippen MR) is 60.9 cm³/mol. The lowest BCUT2D eigenvalue weighted by Crippen LogP contribution is -2.10. The van der Waals surface area contributed by atoms with E-state index >= 15 is 0 Å². The summed E-state index contributed by atoms with van der Waals surface area (Å²) in [5.74, 6) is 0.461. The summed E-state index contributed by atoms with van der Waals surface area (Å²) in [5.41, 5.74) is 2.84. The number of hydrogen-bond acceptors (Lipinski definition) is 4. The zero-order valence-corrected chi connectivity index (χ0v) is 9.22. The van der Waals surface area contributed by atoms with E-state index in [1.807, 2.05) is 0 Å². The molecule has 0 atom stereocenters. The molecule has 1 fully saturated rings. The van der Waals surface area contributed by atoms with Crippen molar-refractivity contribution in [3.63, 3.8) is 0 Å². The number of aromatic amines is 1. The Hall–Kier alpha value is -2.22. The van der Waals surface area contributed by atoms with Gasteiger partial charge < -0.3 is 0 Å². The molecule has 17 heavy (non-hydrogen) atoms. The maximum atomic E-state index is 9.26. The van der Waals surface area contributed by atoms with Crippen molar-refractivity contribution in [2.75, 3.05) is 0 Å². The van der Waals surface area contributed by atoms with Gasteiger partial charge in [-0.1, -0.05) is 6.42 Å². The van der Waals surface area contributed by atoms with Gasteiger partial charge in [-0.25, -0.2) is 0 Å². The molecule has 2 heterocycles. The van der Waals surface area contributed by atoms with E-state index in [-0.39, 0.29) is 0 Å². The van der Waals surface area contributed by atoms with Crippen LogP contribution in [0.15, 0.2) is 18.6 Å². The van der Waals surface area contributed by atoms with Gasteiger partial charge >= 0.3 is 0 Å². The normalized spacial score (nSPS) is 15.2. The number of H-pyrrole nitrogens is 1. The Balaban J connectivity index is 2.07. The number of nitrogens with one attached hydrogen (secondary N) is 1. The summed E-state index contributed by atoms with van der Waals surface area (Å²) in [5, 5.41) is 16.5. The minimum Gasteiger partial charge on any atom is -0.280 e. The molecule has 1 saturated carbocycles. The van der Waals surface area contributed by atoms with Crippen LogP contribution in [0.4, 0.5) is 0 Å². The van der Waals surface area contributed by atoms with Gasteiger partial charge in [0.05, 0.1) is 11.9 Å². The highest BCUT2D eigenvalue weighted by molar-refractivity contribution is 5.64. The Morgan fingerprint density at radius 2 is 2.24 bits per heavy atom. The second-order valence-electron chi connectivity index (χ2n) is 4.19. The van der Waals surface area contributed by atoms with Gasteiger partial charge in [-0.3, -0.25) is 15.1 Å². The molecule has 84 valence electrons. The van der Waals surface area contributed by atoms with Crippen molar-refractivity contribution in [2.45, 2.75) is 25.2 Å². The molecule has 0 amide bonds. The minimum atomic E-state index is 0.461. The summed E-state index contributed by atoms with van der Waals surface area (Å²) in [6.07, 6.45) is 8.34. The number of hydrogen-bond donors (Lipinski definition) is 1. The van der Waals surface area contributed by atoms with E-state index in [2.05, 4.69) is 26.2 Å². The van der Waals surface area contributed by atoms with E-state index < -0.39 is 0 Å². The minimum absolute atomic E-state index is 0.461. The lowest BCUT2D eigenvalue weighted by Gasteiger charge is -2.23. The number of aromatic nitrogens is 4. The summed E-state index contributed by atoms with van der Waals surface area (Å²) in [6.45, 7) is 0. The van der Waals surface area contributed by atoms with Crippen LogP contribution < -0.4 is 0 Å². The van der Waals surface area contributed by atoms with Gasteiger partial charge in [0.1, 0.15) is 23.0 Å². The molecule has 1 aliphatic rings. The second kappa shape index (κ2) is 3.98. The van der Waals surface area contributed by atoms with Gasteiger partial charge in [0.15, 0.2) is 0 Å². The first-order valence-electron chi connectivity index (χ1n) is 5.65. The van der Waals surface area contributed by atoms with Gasteiger partial charge in [0, 0.05) is 18.3 Å². The van der Waals surface area contributed by atoms with E-state index in [0.717, 1.165) is 18.5 Å². The average Bonchev–Trinajstić information content (AvgIpc) is 2.71. The van der Waals surface area contributed by atoms with Crippen LogP contribution in [-0.2, 0) is 0 Å². The highest BCUT2D eigenvalue weighted by Gasteiger charge is 2.26. The molecular formula is C12H11N5. The lowest BCUT2D eigenvalue weighted by atomic mass is 9.81. The van der Waals surface area contributed by atoms with Crippen molar-refractivity contribution in [2.24, 2.45) is 0 Å². The van der Waals surface area contributed by atoms with Crippen LogP contribution in [0.3, 0.4) is 0 Å². The lowest BCUT2D eigenvalue weighted by molar-refractivity contribution is 0.410. The smallest absolute Gasteiger partial charge is 0.130 e. The molecule has 0 radical (unpaired) electrons. The molecule has 5 nitrogen and oxygen atoms in total. The quantitative estimate of drug-likeness (QED) is 0.847. The van der Waals surface area contributed by atoms with Crippen molar-refractivity contribution in [1.29, 1.82) is 5.26 Å². The first-order chi connectivity index (χ1) is 8.40. The summed E-state index contributed by atoms with van der Waals surface area (Å²) in [7, 11) is 0. The highest BCUT2D eigenvalue weighted by Crippen LogP contribution is 2.38. The van der Waals surface area contributed by atoms with Crippen molar-refractivity contribution in [3.8, 4) is 17.5 Å². The van der Waals surface area contributed by atoms with Crippen LogP contribution in [0.1, 0.15) is 36.4 Å². The number of nitriles is 1.